The van der Waals surface area contributed by atoms with Gasteiger partial charge in [-0.1, -0.05) is 0 Å². The van der Waals surface area contributed by atoms with Crippen LogP contribution in [0.5, 0.6) is 0 Å². The Labute approximate surface area is 148 Å². The second-order valence-electron chi connectivity index (χ2n) is 4.99. The Hall–Kier alpha value is -1.45. The maximum absolute atomic E-state index is 11.3. The SMILES string of the molecule is CN=C(NCc1ccnc(C)n1)N1CCN(C(C)=O)CC1.I. The number of guanidine groups is 1. The average Bonchev–Trinajstić information content (AvgIpc) is 2.48. The lowest BCUT2D eigenvalue weighted by atomic mass is 10.3. The monoisotopic (exact) mass is 418 g/mol. The van der Waals surface area contributed by atoms with Gasteiger partial charge in [-0.15, -0.1) is 24.0 Å². The molecule has 1 aromatic rings. The Morgan fingerprint density at radius 2 is 1.95 bits per heavy atom. The molecule has 0 unspecified atom stereocenters. The predicted octanol–water partition coefficient (Wildman–Crippen LogP) is 0.643. The number of aryl methyl sites for hydroxylation is 1. The third-order valence-corrected chi connectivity index (χ3v) is 3.50. The molecule has 1 aromatic heterocycles. The van der Waals surface area contributed by atoms with E-state index in [1.807, 2.05) is 17.9 Å². The van der Waals surface area contributed by atoms with Crippen molar-refractivity contribution >= 4 is 35.8 Å². The van der Waals surface area contributed by atoms with E-state index >= 15 is 0 Å². The van der Waals surface area contributed by atoms with Crippen LogP contribution in [0.4, 0.5) is 0 Å². The van der Waals surface area contributed by atoms with Gasteiger partial charge in [0.1, 0.15) is 5.82 Å². The van der Waals surface area contributed by atoms with Gasteiger partial charge in [0.15, 0.2) is 5.96 Å². The summed E-state index contributed by atoms with van der Waals surface area (Å²) in [5, 5.41) is 3.31. The fourth-order valence-electron chi connectivity index (χ4n) is 2.34. The molecule has 22 heavy (non-hydrogen) atoms. The molecule has 122 valence electrons. The van der Waals surface area contributed by atoms with Crippen LogP contribution in [0, 0.1) is 6.92 Å². The van der Waals surface area contributed by atoms with Crippen molar-refractivity contribution in [3.8, 4) is 0 Å². The number of hydrogen-bond donors (Lipinski definition) is 1. The van der Waals surface area contributed by atoms with Crippen molar-refractivity contribution in [1.82, 2.24) is 25.1 Å². The molecule has 1 N–H and O–H groups in total. The van der Waals surface area contributed by atoms with Crippen molar-refractivity contribution in [2.45, 2.75) is 20.4 Å². The largest absolute Gasteiger partial charge is 0.351 e. The lowest BCUT2D eigenvalue weighted by molar-refractivity contribution is -0.130. The highest BCUT2D eigenvalue weighted by molar-refractivity contribution is 14.0. The lowest BCUT2D eigenvalue weighted by Gasteiger charge is -2.36. The number of piperazine rings is 1. The zero-order valence-electron chi connectivity index (χ0n) is 13.2. The number of nitrogens with one attached hydrogen (secondary N) is 1. The topological polar surface area (TPSA) is 73.7 Å². The Kier molecular flexibility index (Phi) is 7.49. The fourth-order valence-corrected chi connectivity index (χ4v) is 2.34. The highest BCUT2D eigenvalue weighted by atomic mass is 127. The van der Waals surface area contributed by atoms with Gasteiger partial charge in [-0.3, -0.25) is 9.79 Å². The van der Waals surface area contributed by atoms with Crippen molar-refractivity contribution in [3.05, 3.63) is 23.8 Å². The van der Waals surface area contributed by atoms with Crippen LogP contribution in [-0.4, -0.2) is 64.9 Å². The van der Waals surface area contributed by atoms with Gasteiger partial charge in [-0.25, -0.2) is 9.97 Å². The van der Waals surface area contributed by atoms with Gasteiger partial charge >= 0.3 is 0 Å². The normalized spacial score (nSPS) is 15.3. The molecule has 2 heterocycles. The fraction of sp³-hybridized carbons (Fsp3) is 0.571. The van der Waals surface area contributed by atoms with E-state index in [9.17, 15) is 4.79 Å². The molecule has 0 bridgehead atoms. The Morgan fingerprint density at radius 3 is 2.50 bits per heavy atom. The zero-order valence-corrected chi connectivity index (χ0v) is 15.6. The molecule has 0 aromatic carbocycles. The minimum Gasteiger partial charge on any atom is -0.351 e. The van der Waals surface area contributed by atoms with E-state index in [4.69, 9.17) is 0 Å². The molecule has 1 aliphatic heterocycles. The van der Waals surface area contributed by atoms with E-state index in [2.05, 4.69) is 25.2 Å². The third-order valence-electron chi connectivity index (χ3n) is 3.50. The minimum absolute atomic E-state index is 0. The summed E-state index contributed by atoms with van der Waals surface area (Å²) in [5.74, 6) is 1.74. The number of nitrogens with zero attached hydrogens (tertiary/aromatic N) is 5. The lowest BCUT2D eigenvalue weighted by Crippen LogP contribution is -2.53. The predicted molar refractivity (Wildman–Crippen MR) is 96.2 cm³/mol. The molecule has 1 aliphatic rings. The molecular formula is C14H23IN6O. The zero-order chi connectivity index (χ0) is 15.2. The van der Waals surface area contributed by atoms with Gasteiger partial charge < -0.3 is 15.1 Å². The smallest absolute Gasteiger partial charge is 0.219 e. The van der Waals surface area contributed by atoms with Crippen molar-refractivity contribution in [2.75, 3.05) is 33.2 Å². The van der Waals surface area contributed by atoms with Gasteiger partial charge in [0.05, 0.1) is 12.2 Å². The molecule has 8 heteroatoms. The first-order valence-electron chi connectivity index (χ1n) is 7.10. The summed E-state index contributed by atoms with van der Waals surface area (Å²) in [7, 11) is 1.77. The number of carbonyl (C=O) groups is 1. The minimum atomic E-state index is 0. The van der Waals surface area contributed by atoms with E-state index < -0.39 is 0 Å². The highest BCUT2D eigenvalue weighted by Gasteiger charge is 2.20. The summed E-state index contributed by atoms with van der Waals surface area (Å²) in [4.78, 5) is 28.1. The van der Waals surface area contributed by atoms with Crippen LogP contribution >= 0.6 is 24.0 Å². The second-order valence-corrected chi connectivity index (χ2v) is 4.99. The Morgan fingerprint density at radius 1 is 1.32 bits per heavy atom. The number of rotatable bonds is 2. The molecule has 1 fully saturated rings. The standard InChI is InChI=1S/C14H22N6O.HI/c1-11-16-5-4-13(18-11)10-17-14(15-3)20-8-6-19(7-9-20)12(2)21;/h4-5H,6-10H2,1-3H3,(H,15,17);1H. The van der Waals surface area contributed by atoms with Crippen LogP contribution in [-0.2, 0) is 11.3 Å². The van der Waals surface area contributed by atoms with Gasteiger partial charge in [0, 0.05) is 46.3 Å². The van der Waals surface area contributed by atoms with Crippen molar-refractivity contribution in [2.24, 2.45) is 4.99 Å². The van der Waals surface area contributed by atoms with Crippen LogP contribution in [0.3, 0.4) is 0 Å². The van der Waals surface area contributed by atoms with E-state index in [-0.39, 0.29) is 29.9 Å². The summed E-state index contributed by atoms with van der Waals surface area (Å²) in [6.07, 6.45) is 1.76. The Bertz CT molecular complexity index is 528. The first-order valence-corrected chi connectivity index (χ1v) is 7.10. The number of halogens is 1. The maximum atomic E-state index is 11.3. The third kappa shape index (κ3) is 5.08. The highest BCUT2D eigenvalue weighted by Crippen LogP contribution is 2.03. The van der Waals surface area contributed by atoms with Crippen LogP contribution < -0.4 is 5.32 Å². The molecule has 7 nitrogen and oxygen atoms in total. The first-order chi connectivity index (χ1) is 10.1. The molecule has 1 saturated heterocycles. The van der Waals surface area contributed by atoms with Crippen LogP contribution in [0.15, 0.2) is 17.3 Å². The van der Waals surface area contributed by atoms with Gasteiger partial charge in [-0.05, 0) is 13.0 Å². The van der Waals surface area contributed by atoms with Gasteiger partial charge in [-0.2, -0.15) is 0 Å². The van der Waals surface area contributed by atoms with Crippen molar-refractivity contribution in [3.63, 3.8) is 0 Å². The number of hydrogen-bond acceptors (Lipinski definition) is 4. The average molecular weight is 418 g/mol. The van der Waals surface area contributed by atoms with E-state index in [1.54, 1.807) is 20.2 Å². The van der Waals surface area contributed by atoms with E-state index in [0.717, 1.165) is 43.7 Å². The summed E-state index contributed by atoms with van der Waals surface area (Å²) >= 11 is 0. The maximum Gasteiger partial charge on any atom is 0.219 e. The van der Waals surface area contributed by atoms with Gasteiger partial charge in [0.25, 0.3) is 0 Å². The summed E-state index contributed by atoms with van der Waals surface area (Å²) < 4.78 is 0. The quantitative estimate of drug-likeness (QED) is 0.434. The number of amides is 1. The Balaban J connectivity index is 0.00000242. The molecule has 0 radical (unpaired) electrons. The molecule has 0 saturated carbocycles. The number of aliphatic imine (C=N–C) groups is 1. The van der Waals surface area contributed by atoms with E-state index in [1.165, 1.54) is 0 Å². The summed E-state index contributed by atoms with van der Waals surface area (Å²) in [5.41, 5.74) is 0.936. The molecule has 1 amide bonds. The number of aromatic nitrogens is 2. The van der Waals surface area contributed by atoms with Crippen LogP contribution in [0.25, 0.3) is 0 Å². The van der Waals surface area contributed by atoms with Crippen LogP contribution in [0.2, 0.25) is 0 Å². The molecular weight excluding hydrogens is 395 g/mol. The molecule has 0 aliphatic carbocycles. The first kappa shape index (κ1) is 18.6. The molecule has 2 rings (SSSR count). The van der Waals surface area contributed by atoms with Crippen molar-refractivity contribution in [1.29, 1.82) is 0 Å². The van der Waals surface area contributed by atoms with Gasteiger partial charge in [0.2, 0.25) is 5.91 Å². The summed E-state index contributed by atoms with van der Waals surface area (Å²) in [6.45, 7) is 7.16. The van der Waals surface area contributed by atoms with E-state index in [0.29, 0.717) is 6.54 Å². The summed E-state index contributed by atoms with van der Waals surface area (Å²) in [6, 6.07) is 1.89. The second kappa shape index (κ2) is 8.86. The molecule has 0 spiro atoms. The molecule has 0 atom stereocenters. The number of carbonyl (C=O) groups excluding carboxylic acids is 1. The van der Waals surface area contributed by atoms with Crippen molar-refractivity contribution < 1.29 is 4.79 Å². The van der Waals surface area contributed by atoms with Crippen LogP contribution in [0.1, 0.15) is 18.4 Å².